The van der Waals surface area contributed by atoms with E-state index in [0.29, 0.717) is 5.82 Å². The highest BCUT2D eigenvalue weighted by molar-refractivity contribution is 5.85. The molecule has 2 heterocycles. The molecule has 0 saturated heterocycles. The fraction of sp³-hybridized carbons (Fsp3) is 0. The number of aromatic nitrogens is 5. The van der Waals surface area contributed by atoms with Crippen molar-refractivity contribution in [2.24, 2.45) is 0 Å². The van der Waals surface area contributed by atoms with Gasteiger partial charge < -0.3 is 5.73 Å². The third-order valence-electron chi connectivity index (χ3n) is 2.44. The Morgan fingerprint density at radius 2 is 2.11 bits per heavy atom. The fourth-order valence-electron chi connectivity index (χ4n) is 1.64. The Kier molecular flexibility index (Phi) is 3.29. The lowest BCUT2D eigenvalue weighted by Crippen LogP contribution is -1.94. The summed E-state index contributed by atoms with van der Waals surface area (Å²) in [5, 5.41) is 10.9. The topological polar surface area (TPSA) is 85.4 Å². The minimum atomic E-state index is 0. The third-order valence-corrected chi connectivity index (χ3v) is 2.44. The maximum Gasteiger partial charge on any atom is 0.145 e. The van der Waals surface area contributed by atoms with E-state index in [1.54, 1.807) is 17.1 Å². The number of halogens is 1. The Morgan fingerprint density at radius 1 is 1.22 bits per heavy atom. The van der Waals surface area contributed by atoms with Gasteiger partial charge in [0.05, 0.1) is 11.4 Å². The first-order valence-electron chi connectivity index (χ1n) is 5.09. The predicted octanol–water partition coefficient (Wildman–Crippen LogP) is 1.66. The van der Waals surface area contributed by atoms with Crippen molar-refractivity contribution in [1.29, 1.82) is 0 Å². The van der Waals surface area contributed by atoms with Gasteiger partial charge in [0.25, 0.3) is 0 Å². The zero-order valence-electron chi connectivity index (χ0n) is 9.32. The van der Waals surface area contributed by atoms with Crippen molar-refractivity contribution in [1.82, 2.24) is 25.0 Å². The van der Waals surface area contributed by atoms with Crippen LogP contribution in [0.5, 0.6) is 0 Å². The van der Waals surface area contributed by atoms with E-state index in [0.717, 1.165) is 16.9 Å². The lowest BCUT2D eigenvalue weighted by molar-refractivity contribution is 0.879. The smallest absolute Gasteiger partial charge is 0.145 e. The summed E-state index contributed by atoms with van der Waals surface area (Å²) in [5.74, 6) is 0.478. The van der Waals surface area contributed by atoms with E-state index < -0.39 is 0 Å². The van der Waals surface area contributed by atoms with Gasteiger partial charge in [-0.3, -0.25) is 5.10 Å². The van der Waals surface area contributed by atoms with Gasteiger partial charge in [-0.25, -0.2) is 9.67 Å². The van der Waals surface area contributed by atoms with Crippen molar-refractivity contribution in [2.45, 2.75) is 0 Å². The maximum atomic E-state index is 5.58. The second-order valence-corrected chi connectivity index (χ2v) is 3.60. The number of rotatable bonds is 2. The zero-order valence-corrected chi connectivity index (χ0v) is 10.1. The van der Waals surface area contributed by atoms with Crippen molar-refractivity contribution in [2.75, 3.05) is 5.73 Å². The van der Waals surface area contributed by atoms with E-state index in [9.17, 15) is 0 Å². The summed E-state index contributed by atoms with van der Waals surface area (Å²) in [6.45, 7) is 0. The first-order valence-corrected chi connectivity index (χ1v) is 5.09. The Bertz CT molecular complexity index is 631. The molecule has 2 aromatic heterocycles. The van der Waals surface area contributed by atoms with Crippen LogP contribution in [0, 0.1) is 0 Å². The largest absolute Gasteiger partial charge is 0.382 e. The quantitative estimate of drug-likeness (QED) is 0.735. The SMILES string of the molecule is Cl.Nc1cc(-c2cccc(-n3cncn3)c2)[nH]n1. The second-order valence-electron chi connectivity index (χ2n) is 3.60. The molecule has 0 fully saturated rings. The van der Waals surface area contributed by atoms with E-state index in [1.165, 1.54) is 6.33 Å². The number of H-pyrrole nitrogens is 1. The molecule has 0 aliphatic heterocycles. The fourth-order valence-corrected chi connectivity index (χ4v) is 1.64. The number of aromatic amines is 1. The molecular weight excluding hydrogens is 252 g/mol. The van der Waals surface area contributed by atoms with E-state index in [1.807, 2.05) is 24.3 Å². The van der Waals surface area contributed by atoms with Crippen LogP contribution >= 0.6 is 12.4 Å². The van der Waals surface area contributed by atoms with Crippen LogP contribution < -0.4 is 5.73 Å². The average molecular weight is 263 g/mol. The van der Waals surface area contributed by atoms with Crippen LogP contribution in [0.1, 0.15) is 0 Å². The molecule has 0 radical (unpaired) electrons. The highest BCUT2D eigenvalue weighted by Crippen LogP contribution is 2.20. The van der Waals surface area contributed by atoms with Gasteiger partial charge >= 0.3 is 0 Å². The molecule has 0 bridgehead atoms. The highest BCUT2D eigenvalue weighted by Gasteiger charge is 2.03. The summed E-state index contributed by atoms with van der Waals surface area (Å²) in [4.78, 5) is 3.92. The molecule has 0 aliphatic carbocycles. The van der Waals surface area contributed by atoms with Gasteiger partial charge in [-0.1, -0.05) is 12.1 Å². The number of anilines is 1. The molecule has 0 aliphatic rings. The Morgan fingerprint density at radius 3 is 2.78 bits per heavy atom. The molecule has 6 nitrogen and oxygen atoms in total. The van der Waals surface area contributed by atoms with E-state index >= 15 is 0 Å². The molecular formula is C11H11ClN6. The Hall–Kier alpha value is -2.34. The van der Waals surface area contributed by atoms with Crippen LogP contribution in [0.15, 0.2) is 43.0 Å². The van der Waals surface area contributed by atoms with E-state index in [-0.39, 0.29) is 12.4 Å². The Balaban J connectivity index is 0.00000120. The molecule has 3 rings (SSSR count). The zero-order chi connectivity index (χ0) is 11.7. The predicted molar refractivity (Wildman–Crippen MR) is 70.6 cm³/mol. The Labute approximate surface area is 109 Å². The van der Waals surface area contributed by atoms with Crippen LogP contribution in [0.4, 0.5) is 5.82 Å². The van der Waals surface area contributed by atoms with Gasteiger partial charge in [0.2, 0.25) is 0 Å². The number of hydrogen-bond acceptors (Lipinski definition) is 4. The molecule has 92 valence electrons. The summed E-state index contributed by atoms with van der Waals surface area (Å²) in [5.41, 5.74) is 8.40. The van der Waals surface area contributed by atoms with E-state index in [4.69, 9.17) is 5.73 Å². The summed E-state index contributed by atoms with van der Waals surface area (Å²) in [6.07, 6.45) is 3.15. The molecule has 0 spiro atoms. The van der Waals surface area contributed by atoms with Gasteiger partial charge in [0.15, 0.2) is 0 Å². The van der Waals surface area contributed by atoms with Gasteiger partial charge in [0.1, 0.15) is 18.5 Å². The number of nitrogens with two attached hydrogens (primary N) is 1. The molecule has 0 atom stereocenters. The first-order chi connectivity index (χ1) is 8.33. The third kappa shape index (κ3) is 2.18. The molecule has 3 N–H and O–H groups in total. The van der Waals surface area contributed by atoms with Crippen molar-refractivity contribution in [3.05, 3.63) is 43.0 Å². The summed E-state index contributed by atoms with van der Waals surface area (Å²) >= 11 is 0. The van der Waals surface area contributed by atoms with Crippen molar-refractivity contribution in [3.8, 4) is 16.9 Å². The minimum absolute atomic E-state index is 0. The van der Waals surface area contributed by atoms with Crippen molar-refractivity contribution < 1.29 is 0 Å². The van der Waals surface area contributed by atoms with Gasteiger partial charge in [-0.2, -0.15) is 10.2 Å². The van der Waals surface area contributed by atoms with Crippen molar-refractivity contribution in [3.63, 3.8) is 0 Å². The van der Waals surface area contributed by atoms with E-state index in [2.05, 4.69) is 20.3 Å². The number of nitrogens with one attached hydrogen (secondary N) is 1. The van der Waals surface area contributed by atoms with Crippen LogP contribution in [-0.4, -0.2) is 25.0 Å². The number of benzene rings is 1. The lowest BCUT2D eigenvalue weighted by Gasteiger charge is -2.02. The van der Waals surface area contributed by atoms with Crippen LogP contribution in [0.3, 0.4) is 0 Å². The van der Waals surface area contributed by atoms with Gasteiger partial charge in [-0.15, -0.1) is 12.4 Å². The number of nitrogens with zero attached hydrogens (tertiary/aromatic N) is 4. The second kappa shape index (κ2) is 4.89. The van der Waals surface area contributed by atoms with Crippen LogP contribution in [-0.2, 0) is 0 Å². The lowest BCUT2D eigenvalue weighted by atomic mass is 10.1. The molecule has 18 heavy (non-hydrogen) atoms. The first kappa shape index (κ1) is 12.1. The molecule has 0 amide bonds. The summed E-state index contributed by atoms with van der Waals surface area (Å²) < 4.78 is 1.70. The minimum Gasteiger partial charge on any atom is -0.382 e. The molecule has 3 aromatic rings. The molecule has 0 unspecified atom stereocenters. The molecule has 7 heteroatoms. The number of nitrogen functional groups attached to an aromatic ring is 1. The highest BCUT2D eigenvalue weighted by atomic mass is 35.5. The number of hydrogen-bond donors (Lipinski definition) is 2. The van der Waals surface area contributed by atoms with Crippen molar-refractivity contribution >= 4 is 18.2 Å². The summed E-state index contributed by atoms with van der Waals surface area (Å²) in [7, 11) is 0. The average Bonchev–Trinajstić information content (AvgIpc) is 3.00. The standard InChI is InChI=1S/C11H10N6.ClH/c12-11-5-10(15-16-11)8-2-1-3-9(4-8)17-7-13-6-14-17;/h1-7H,(H3,12,15,16);1H. The van der Waals surface area contributed by atoms with Gasteiger partial charge in [-0.05, 0) is 12.1 Å². The normalized spacial score (nSPS) is 10.0. The monoisotopic (exact) mass is 262 g/mol. The molecule has 1 aromatic carbocycles. The maximum absolute atomic E-state index is 5.58. The van der Waals surface area contributed by atoms with Gasteiger partial charge in [0, 0.05) is 11.6 Å². The summed E-state index contributed by atoms with van der Waals surface area (Å²) in [6, 6.07) is 9.66. The molecule has 0 saturated carbocycles. The van der Waals surface area contributed by atoms with Crippen LogP contribution in [0.2, 0.25) is 0 Å². The van der Waals surface area contributed by atoms with Crippen LogP contribution in [0.25, 0.3) is 16.9 Å².